The largest absolute Gasteiger partial charge is 0.379 e. The van der Waals surface area contributed by atoms with Gasteiger partial charge in [0.2, 0.25) is 0 Å². The van der Waals surface area contributed by atoms with Crippen LogP contribution in [0.3, 0.4) is 0 Å². The average molecular weight is 474 g/mol. The highest BCUT2D eigenvalue weighted by molar-refractivity contribution is 7.17. The predicted molar refractivity (Wildman–Crippen MR) is 135 cm³/mol. The fourth-order valence-corrected chi connectivity index (χ4v) is 5.62. The van der Waals surface area contributed by atoms with Gasteiger partial charge in [0.05, 0.1) is 31.3 Å². The van der Waals surface area contributed by atoms with Gasteiger partial charge in [-0.15, -0.1) is 11.3 Å². The molecule has 0 saturated carbocycles. The average Bonchev–Trinajstić information content (AvgIpc) is 3.34. The summed E-state index contributed by atoms with van der Waals surface area (Å²) >= 11 is 1.71. The molecule has 2 aliphatic rings. The van der Waals surface area contributed by atoms with Gasteiger partial charge in [-0.2, -0.15) is 0 Å². The molecule has 0 spiro atoms. The number of morpholine rings is 1. The van der Waals surface area contributed by atoms with Gasteiger partial charge in [-0.25, -0.2) is 15.0 Å². The summed E-state index contributed by atoms with van der Waals surface area (Å²) in [5, 5.41) is 3.39. The first-order chi connectivity index (χ1) is 16.8. The number of rotatable bonds is 5. The molecule has 9 heteroatoms. The number of thiophene rings is 1. The van der Waals surface area contributed by atoms with Crippen molar-refractivity contribution in [2.24, 2.45) is 0 Å². The predicted octanol–water partition coefficient (Wildman–Crippen LogP) is 3.31. The fourth-order valence-electron chi connectivity index (χ4n) is 4.66. The summed E-state index contributed by atoms with van der Waals surface area (Å²) in [5.74, 6) is 2.87. The Labute approximate surface area is 202 Å². The van der Waals surface area contributed by atoms with Gasteiger partial charge in [-0.1, -0.05) is 30.3 Å². The normalized spacial score (nSPS) is 17.4. The highest BCUT2D eigenvalue weighted by atomic mass is 32.1. The van der Waals surface area contributed by atoms with E-state index in [4.69, 9.17) is 14.7 Å². The summed E-state index contributed by atoms with van der Waals surface area (Å²) in [6.07, 6.45) is 5.31. The Balaban J connectivity index is 1.35. The number of aromatic nitrogens is 4. The van der Waals surface area contributed by atoms with Crippen molar-refractivity contribution in [3.63, 3.8) is 0 Å². The van der Waals surface area contributed by atoms with Gasteiger partial charge in [0.25, 0.3) is 0 Å². The Bertz CT molecular complexity index is 1240. The Kier molecular flexibility index (Phi) is 6.05. The zero-order valence-electron chi connectivity index (χ0n) is 19.0. The molecule has 2 aliphatic heterocycles. The van der Waals surface area contributed by atoms with Crippen LogP contribution in [0.5, 0.6) is 0 Å². The minimum absolute atomic E-state index is 0.754. The second kappa shape index (κ2) is 9.61. The van der Waals surface area contributed by atoms with Crippen molar-refractivity contribution in [3.05, 3.63) is 60.1 Å². The number of piperazine rings is 1. The van der Waals surface area contributed by atoms with Crippen LogP contribution in [-0.4, -0.2) is 77.3 Å². The molecule has 4 aromatic rings. The maximum Gasteiger partial charge on any atom is 0.147 e. The first kappa shape index (κ1) is 21.4. The fraction of sp³-hybridized carbons (Fsp3) is 0.360. The third kappa shape index (κ3) is 4.34. The summed E-state index contributed by atoms with van der Waals surface area (Å²) in [7, 11) is 0. The molecule has 8 nitrogen and oxygen atoms in total. The third-order valence-electron chi connectivity index (χ3n) is 6.47. The van der Waals surface area contributed by atoms with Gasteiger partial charge in [-0.3, -0.25) is 9.88 Å². The van der Waals surface area contributed by atoms with Crippen LogP contribution < -0.4 is 9.80 Å². The molecular formula is C25H27N7OS. The van der Waals surface area contributed by atoms with Crippen LogP contribution in [0.25, 0.3) is 21.3 Å². The van der Waals surface area contributed by atoms with Crippen LogP contribution in [0.4, 0.5) is 11.6 Å². The van der Waals surface area contributed by atoms with Gasteiger partial charge in [0.1, 0.15) is 22.3 Å². The quantitative estimate of drug-likeness (QED) is 0.437. The van der Waals surface area contributed by atoms with Crippen molar-refractivity contribution in [2.45, 2.75) is 6.54 Å². The standard InChI is InChI=1S/C25H27N7OS/c1-2-4-19(5-3-1)20-18-34-25-23(20)24(28-21(29-25)17-30-12-14-33-15-13-30)32-10-8-31(9-11-32)22-16-26-6-7-27-22/h1-7,16,18H,8-15,17H2. The molecule has 174 valence electrons. The summed E-state index contributed by atoms with van der Waals surface area (Å²) in [6.45, 7) is 7.67. The molecule has 0 radical (unpaired) electrons. The lowest BCUT2D eigenvalue weighted by Gasteiger charge is -2.36. The van der Waals surface area contributed by atoms with Crippen LogP contribution in [0, 0.1) is 0 Å². The van der Waals surface area contributed by atoms with E-state index in [2.05, 4.69) is 60.4 Å². The Morgan fingerprint density at radius 1 is 0.882 bits per heavy atom. The smallest absolute Gasteiger partial charge is 0.147 e. The molecule has 2 saturated heterocycles. The van der Waals surface area contributed by atoms with Crippen molar-refractivity contribution >= 4 is 33.2 Å². The Hall–Kier alpha value is -3.14. The third-order valence-corrected chi connectivity index (χ3v) is 7.34. The van der Waals surface area contributed by atoms with Crippen LogP contribution in [0.2, 0.25) is 0 Å². The molecule has 0 N–H and O–H groups in total. The van der Waals surface area contributed by atoms with Crippen molar-refractivity contribution in [2.75, 3.05) is 62.3 Å². The lowest BCUT2D eigenvalue weighted by atomic mass is 10.1. The molecule has 3 aromatic heterocycles. The second-order valence-electron chi connectivity index (χ2n) is 8.59. The van der Waals surface area contributed by atoms with E-state index >= 15 is 0 Å². The van der Waals surface area contributed by atoms with E-state index in [-0.39, 0.29) is 0 Å². The summed E-state index contributed by atoms with van der Waals surface area (Å²) in [6, 6.07) is 10.6. The highest BCUT2D eigenvalue weighted by Gasteiger charge is 2.25. The lowest BCUT2D eigenvalue weighted by Crippen LogP contribution is -2.47. The molecule has 5 heterocycles. The van der Waals surface area contributed by atoms with Crippen molar-refractivity contribution < 1.29 is 4.74 Å². The first-order valence-corrected chi connectivity index (χ1v) is 12.6. The minimum Gasteiger partial charge on any atom is -0.379 e. The van der Waals surface area contributed by atoms with E-state index in [0.29, 0.717) is 0 Å². The molecular weight excluding hydrogens is 446 g/mol. The molecule has 34 heavy (non-hydrogen) atoms. The van der Waals surface area contributed by atoms with Gasteiger partial charge < -0.3 is 14.5 Å². The lowest BCUT2D eigenvalue weighted by molar-refractivity contribution is 0.0331. The van der Waals surface area contributed by atoms with E-state index in [1.165, 1.54) is 11.1 Å². The first-order valence-electron chi connectivity index (χ1n) is 11.7. The van der Waals surface area contributed by atoms with Crippen molar-refractivity contribution in [1.29, 1.82) is 0 Å². The highest BCUT2D eigenvalue weighted by Crippen LogP contribution is 2.38. The summed E-state index contributed by atoms with van der Waals surface area (Å²) < 4.78 is 5.52. The summed E-state index contributed by atoms with van der Waals surface area (Å²) in [4.78, 5) is 27.0. The molecule has 2 fully saturated rings. The molecule has 0 bridgehead atoms. The molecule has 6 rings (SSSR count). The Morgan fingerprint density at radius 2 is 1.68 bits per heavy atom. The molecule has 0 atom stereocenters. The van der Waals surface area contributed by atoms with E-state index in [1.807, 2.05) is 6.20 Å². The maximum absolute atomic E-state index is 5.52. The van der Waals surface area contributed by atoms with E-state index < -0.39 is 0 Å². The van der Waals surface area contributed by atoms with Gasteiger partial charge in [0, 0.05) is 62.6 Å². The number of anilines is 2. The minimum atomic E-state index is 0.754. The number of benzene rings is 1. The van der Waals surface area contributed by atoms with Crippen molar-refractivity contribution in [1.82, 2.24) is 24.8 Å². The number of hydrogen-bond donors (Lipinski definition) is 0. The van der Waals surface area contributed by atoms with Crippen LogP contribution in [0.15, 0.2) is 54.3 Å². The van der Waals surface area contributed by atoms with Crippen LogP contribution >= 0.6 is 11.3 Å². The molecule has 0 unspecified atom stereocenters. The van der Waals surface area contributed by atoms with Gasteiger partial charge in [0.15, 0.2) is 0 Å². The number of hydrogen-bond acceptors (Lipinski definition) is 9. The summed E-state index contributed by atoms with van der Waals surface area (Å²) in [5.41, 5.74) is 2.42. The van der Waals surface area contributed by atoms with E-state index in [0.717, 1.165) is 86.7 Å². The SMILES string of the molecule is c1ccc(-c2csc3nc(CN4CCOCC4)nc(N4CCN(c5cnccn5)CC4)c23)cc1. The zero-order valence-corrected chi connectivity index (χ0v) is 19.8. The van der Waals surface area contributed by atoms with Gasteiger partial charge >= 0.3 is 0 Å². The number of nitrogens with zero attached hydrogens (tertiary/aromatic N) is 7. The van der Waals surface area contributed by atoms with E-state index in [9.17, 15) is 0 Å². The zero-order chi connectivity index (χ0) is 22.7. The van der Waals surface area contributed by atoms with Crippen LogP contribution in [0.1, 0.15) is 5.82 Å². The molecule has 0 aliphatic carbocycles. The van der Waals surface area contributed by atoms with Gasteiger partial charge in [-0.05, 0) is 5.56 Å². The molecule has 0 amide bonds. The number of fused-ring (bicyclic) bond motifs is 1. The monoisotopic (exact) mass is 473 g/mol. The van der Waals surface area contributed by atoms with Crippen LogP contribution in [-0.2, 0) is 11.3 Å². The van der Waals surface area contributed by atoms with E-state index in [1.54, 1.807) is 23.7 Å². The van der Waals surface area contributed by atoms with Crippen molar-refractivity contribution in [3.8, 4) is 11.1 Å². The molecule has 1 aromatic carbocycles. The topological polar surface area (TPSA) is 70.5 Å². The second-order valence-corrected chi connectivity index (χ2v) is 9.44. The Morgan fingerprint density at radius 3 is 2.44 bits per heavy atom. The maximum atomic E-state index is 5.52. The number of ether oxygens (including phenoxy) is 1.